The molecule has 6 heteroatoms. The molecule has 3 aliphatic rings. The van der Waals surface area contributed by atoms with Gasteiger partial charge in [0, 0.05) is 18.5 Å². The maximum absolute atomic E-state index is 12.2. The lowest BCUT2D eigenvalue weighted by molar-refractivity contribution is 0.00578. The van der Waals surface area contributed by atoms with Gasteiger partial charge in [0.05, 0.1) is 11.2 Å². The first-order valence-corrected chi connectivity index (χ1v) is 8.88. The third-order valence-electron chi connectivity index (χ3n) is 5.64. The first-order chi connectivity index (χ1) is 10.8. The van der Waals surface area contributed by atoms with Crippen molar-refractivity contribution in [3.05, 3.63) is 11.5 Å². The van der Waals surface area contributed by atoms with Gasteiger partial charge in [0.1, 0.15) is 5.60 Å². The van der Waals surface area contributed by atoms with Crippen LogP contribution in [0.3, 0.4) is 0 Å². The van der Waals surface area contributed by atoms with Gasteiger partial charge in [-0.25, -0.2) is 4.79 Å². The van der Waals surface area contributed by atoms with Crippen molar-refractivity contribution in [1.29, 1.82) is 0 Å². The second kappa shape index (κ2) is 5.24. The molecule has 1 atom stereocenters. The van der Waals surface area contributed by atoms with Crippen LogP contribution in [0, 0.1) is 5.41 Å². The minimum Gasteiger partial charge on any atom is -0.444 e. The number of carbonyl (C=O) groups excluding carboxylic acids is 1. The lowest BCUT2D eigenvalue weighted by Gasteiger charge is -2.37. The highest BCUT2D eigenvalue weighted by molar-refractivity contribution is 6.55. The lowest BCUT2D eigenvalue weighted by atomic mass is 9.58. The second-order valence-corrected chi connectivity index (χ2v) is 9.50. The van der Waals surface area contributed by atoms with Crippen LogP contribution >= 0.6 is 0 Å². The van der Waals surface area contributed by atoms with E-state index in [0.29, 0.717) is 0 Å². The number of nitrogens with zero attached hydrogens (tertiary/aromatic N) is 1. The van der Waals surface area contributed by atoms with Gasteiger partial charge in [-0.3, -0.25) is 0 Å². The zero-order valence-corrected chi connectivity index (χ0v) is 16.1. The molecule has 0 N–H and O–H groups in total. The van der Waals surface area contributed by atoms with Crippen LogP contribution in [0.15, 0.2) is 11.5 Å². The first-order valence-electron chi connectivity index (χ1n) is 8.88. The number of likely N-dealkylation sites (tertiary alicyclic amines) is 1. The summed E-state index contributed by atoms with van der Waals surface area (Å²) in [6.07, 6.45) is 3.97. The van der Waals surface area contributed by atoms with Gasteiger partial charge in [-0.1, -0.05) is 6.08 Å². The van der Waals surface area contributed by atoms with Crippen molar-refractivity contribution in [2.24, 2.45) is 5.41 Å². The van der Waals surface area contributed by atoms with E-state index in [4.69, 9.17) is 14.0 Å². The van der Waals surface area contributed by atoms with Crippen LogP contribution < -0.4 is 0 Å². The maximum Gasteiger partial charge on any atom is 0.490 e. The monoisotopic (exact) mass is 335 g/mol. The normalized spacial score (nSPS) is 31.2. The van der Waals surface area contributed by atoms with Gasteiger partial charge in [0.25, 0.3) is 0 Å². The molecule has 1 aliphatic carbocycles. The van der Waals surface area contributed by atoms with E-state index in [2.05, 4.69) is 33.8 Å². The summed E-state index contributed by atoms with van der Waals surface area (Å²) in [7, 11) is -0.254. The summed E-state index contributed by atoms with van der Waals surface area (Å²) in [6.45, 7) is 15.5. The smallest absolute Gasteiger partial charge is 0.444 e. The quantitative estimate of drug-likeness (QED) is 0.687. The van der Waals surface area contributed by atoms with Crippen molar-refractivity contribution in [3.63, 3.8) is 0 Å². The SMILES string of the molecule is CC(C)(C)OC(=O)N1CCC2(C=C(B3OC(C)(C)C(C)(C)O3)C2)C1. The zero-order chi connectivity index (χ0) is 18.0. The van der Waals surface area contributed by atoms with Gasteiger partial charge < -0.3 is 18.9 Å². The third-order valence-corrected chi connectivity index (χ3v) is 5.64. The van der Waals surface area contributed by atoms with Crippen molar-refractivity contribution in [2.75, 3.05) is 13.1 Å². The van der Waals surface area contributed by atoms with Crippen molar-refractivity contribution in [2.45, 2.75) is 78.1 Å². The van der Waals surface area contributed by atoms with Gasteiger partial charge in [0.2, 0.25) is 0 Å². The van der Waals surface area contributed by atoms with Crippen LogP contribution in [0.25, 0.3) is 0 Å². The molecule has 0 aromatic heterocycles. The summed E-state index contributed by atoms with van der Waals surface area (Å²) in [6, 6.07) is 0. The molecule has 5 nitrogen and oxygen atoms in total. The van der Waals surface area contributed by atoms with Crippen molar-refractivity contribution >= 4 is 13.2 Å². The van der Waals surface area contributed by atoms with Crippen LogP contribution in [0.2, 0.25) is 0 Å². The van der Waals surface area contributed by atoms with E-state index in [1.807, 2.05) is 25.7 Å². The Bertz CT molecular complexity index is 562. The summed E-state index contributed by atoms with van der Waals surface area (Å²) in [5.74, 6) is 0. The predicted molar refractivity (Wildman–Crippen MR) is 93.6 cm³/mol. The van der Waals surface area contributed by atoms with Gasteiger partial charge in [-0.15, -0.1) is 0 Å². The Labute approximate surface area is 145 Å². The van der Waals surface area contributed by atoms with Crippen molar-refractivity contribution in [1.82, 2.24) is 4.90 Å². The molecular weight excluding hydrogens is 305 g/mol. The van der Waals surface area contributed by atoms with E-state index < -0.39 is 5.60 Å². The number of hydrogen-bond acceptors (Lipinski definition) is 4. The Hall–Kier alpha value is -1.01. The largest absolute Gasteiger partial charge is 0.490 e. The standard InChI is InChI=1S/C18H30BNO4/c1-15(2,3)22-14(21)20-9-8-18(12-20)10-13(11-18)19-23-16(4,5)17(6,7)24-19/h10H,8-9,11-12H2,1-7H3. The number of rotatable bonds is 1. The second-order valence-electron chi connectivity index (χ2n) is 9.50. The molecule has 1 unspecified atom stereocenters. The molecule has 1 amide bonds. The fourth-order valence-electron chi connectivity index (χ4n) is 3.56. The van der Waals surface area contributed by atoms with Gasteiger partial charge in [-0.2, -0.15) is 0 Å². The molecule has 0 radical (unpaired) electrons. The molecule has 3 rings (SSSR count). The molecular formula is C18H30BNO4. The van der Waals surface area contributed by atoms with E-state index in [1.54, 1.807) is 0 Å². The van der Waals surface area contributed by atoms with E-state index in [0.717, 1.165) is 25.9 Å². The zero-order valence-electron chi connectivity index (χ0n) is 16.1. The van der Waals surface area contributed by atoms with Crippen molar-refractivity contribution in [3.8, 4) is 0 Å². The number of amides is 1. The molecule has 0 aromatic carbocycles. The highest BCUT2D eigenvalue weighted by atomic mass is 16.7. The summed E-state index contributed by atoms with van der Waals surface area (Å²) in [5, 5.41) is 0. The lowest BCUT2D eigenvalue weighted by Crippen LogP contribution is -2.41. The summed E-state index contributed by atoms with van der Waals surface area (Å²) in [4.78, 5) is 14.1. The highest BCUT2D eigenvalue weighted by Gasteiger charge is 2.56. The molecule has 0 aromatic rings. The van der Waals surface area contributed by atoms with E-state index in [-0.39, 0.29) is 29.8 Å². The van der Waals surface area contributed by atoms with Gasteiger partial charge in [-0.05, 0) is 66.8 Å². The number of allylic oxidation sites excluding steroid dienone is 1. The first kappa shape index (κ1) is 17.8. The Kier molecular flexibility index (Phi) is 3.89. The molecule has 1 spiro atoms. The fraction of sp³-hybridized carbons (Fsp3) is 0.833. The highest BCUT2D eigenvalue weighted by Crippen LogP contribution is 2.50. The average molecular weight is 335 g/mol. The molecule has 2 saturated heterocycles. The Morgan fingerprint density at radius 1 is 1.21 bits per heavy atom. The molecule has 2 fully saturated rings. The fourth-order valence-corrected chi connectivity index (χ4v) is 3.56. The van der Waals surface area contributed by atoms with Gasteiger partial charge in [0.15, 0.2) is 0 Å². The average Bonchev–Trinajstić information content (AvgIpc) is 2.85. The molecule has 0 saturated carbocycles. The van der Waals surface area contributed by atoms with Crippen LogP contribution in [0.5, 0.6) is 0 Å². The molecule has 2 heterocycles. The van der Waals surface area contributed by atoms with E-state index in [9.17, 15) is 4.79 Å². The minimum atomic E-state index is -0.448. The van der Waals surface area contributed by atoms with E-state index >= 15 is 0 Å². The predicted octanol–water partition coefficient (Wildman–Crippen LogP) is 3.58. The molecule has 134 valence electrons. The maximum atomic E-state index is 12.2. The Morgan fingerprint density at radius 2 is 1.75 bits per heavy atom. The van der Waals surface area contributed by atoms with Crippen molar-refractivity contribution < 1.29 is 18.8 Å². The minimum absolute atomic E-state index is 0.0792. The summed E-state index contributed by atoms with van der Waals surface area (Å²) in [5.41, 5.74) is 0.227. The summed E-state index contributed by atoms with van der Waals surface area (Å²) < 4.78 is 17.7. The number of ether oxygens (including phenoxy) is 1. The number of carbonyl (C=O) groups is 1. The Balaban J connectivity index is 1.61. The van der Waals surface area contributed by atoms with Crippen LogP contribution in [-0.2, 0) is 14.0 Å². The summed E-state index contributed by atoms with van der Waals surface area (Å²) >= 11 is 0. The molecule has 24 heavy (non-hydrogen) atoms. The number of hydrogen-bond donors (Lipinski definition) is 0. The van der Waals surface area contributed by atoms with Crippen LogP contribution in [-0.4, -0.2) is 48.0 Å². The topological polar surface area (TPSA) is 48.0 Å². The third kappa shape index (κ3) is 3.10. The van der Waals surface area contributed by atoms with Crippen LogP contribution in [0.1, 0.15) is 61.3 Å². The van der Waals surface area contributed by atoms with Gasteiger partial charge >= 0.3 is 13.2 Å². The van der Waals surface area contributed by atoms with Crippen LogP contribution in [0.4, 0.5) is 4.79 Å². The molecule has 2 aliphatic heterocycles. The molecule has 0 bridgehead atoms. The van der Waals surface area contributed by atoms with E-state index in [1.165, 1.54) is 5.47 Å². The Morgan fingerprint density at radius 3 is 2.25 bits per heavy atom.